The number of hydrogen-bond donors (Lipinski definition) is 0. The highest BCUT2D eigenvalue weighted by Crippen LogP contribution is 2.21. The Morgan fingerprint density at radius 1 is 0.923 bits per heavy atom. The van der Waals surface area contributed by atoms with Gasteiger partial charge in [0.2, 0.25) is 21.8 Å². The molecule has 0 aliphatic carbocycles. The first-order valence-electron chi connectivity index (χ1n) is 8.30. The smallest absolute Gasteiger partial charge is 0.246 e. The van der Waals surface area contributed by atoms with Crippen molar-refractivity contribution in [1.82, 2.24) is 14.1 Å². The van der Waals surface area contributed by atoms with E-state index < -0.39 is 26.6 Å². The van der Waals surface area contributed by atoms with E-state index in [1.807, 2.05) is 4.90 Å². The van der Waals surface area contributed by atoms with Gasteiger partial charge in [-0.15, -0.1) is 0 Å². The predicted molar refractivity (Wildman–Crippen MR) is 87.5 cm³/mol. The van der Waals surface area contributed by atoms with Gasteiger partial charge in [-0.05, 0) is 18.2 Å². The van der Waals surface area contributed by atoms with Gasteiger partial charge >= 0.3 is 0 Å². The average Bonchev–Trinajstić information content (AvgIpc) is 2.93. The van der Waals surface area contributed by atoms with Crippen molar-refractivity contribution in [2.24, 2.45) is 0 Å². The SMILES string of the molecule is O=C1CCC(=O)N1CCN1CCN(S(=O)(=O)c2cc(F)ccc2F)CC1. The van der Waals surface area contributed by atoms with Crippen LogP contribution < -0.4 is 0 Å². The number of hydrogen-bond acceptors (Lipinski definition) is 5. The Labute approximate surface area is 150 Å². The first-order valence-corrected chi connectivity index (χ1v) is 9.74. The van der Waals surface area contributed by atoms with Crippen LogP contribution in [0.2, 0.25) is 0 Å². The van der Waals surface area contributed by atoms with E-state index >= 15 is 0 Å². The summed E-state index contributed by atoms with van der Waals surface area (Å²) in [4.78, 5) is 25.7. The van der Waals surface area contributed by atoms with Gasteiger partial charge in [-0.2, -0.15) is 4.31 Å². The molecule has 1 aromatic carbocycles. The molecule has 0 saturated carbocycles. The molecule has 2 aliphatic heterocycles. The Morgan fingerprint density at radius 3 is 2.15 bits per heavy atom. The van der Waals surface area contributed by atoms with Crippen LogP contribution in [-0.4, -0.2) is 73.6 Å². The normalized spacial score (nSPS) is 20.2. The Hall–Kier alpha value is -1.91. The number of sulfonamides is 1. The van der Waals surface area contributed by atoms with E-state index in [1.165, 1.54) is 4.90 Å². The van der Waals surface area contributed by atoms with Gasteiger partial charge in [0.05, 0.1) is 0 Å². The van der Waals surface area contributed by atoms with Crippen LogP contribution in [0, 0.1) is 11.6 Å². The second-order valence-corrected chi connectivity index (χ2v) is 8.17. The molecule has 0 spiro atoms. The summed E-state index contributed by atoms with van der Waals surface area (Å²) >= 11 is 0. The predicted octanol–water partition coefficient (Wildman–Crippen LogP) is 0.420. The fourth-order valence-corrected chi connectivity index (χ4v) is 4.62. The van der Waals surface area contributed by atoms with Gasteiger partial charge < -0.3 is 0 Å². The molecule has 0 radical (unpaired) electrons. The van der Waals surface area contributed by atoms with Crippen LogP contribution in [0.15, 0.2) is 23.1 Å². The summed E-state index contributed by atoms with van der Waals surface area (Å²) in [6.07, 6.45) is 0.480. The summed E-state index contributed by atoms with van der Waals surface area (Å²) in [6.45, 7) is 1.75. The maximum atomic E-state index is 13.8. The van der Waals surface area contributed by atoms with Gasteiger partial charge in [0.1, 0.15) is 16.5 Å². The number of carbonyl (C=O) groups is 2. The quantitative estimate of drug-likeness (QED) is 0.685. The zero-order valence-electron chi connectivity index (χ0n) is 14.0. The highest BCUT2D eigenvalue weighted by atomic mass is 32.2. The number of imide groups is 1. The Kier molecular flexibility index (Phi) is 5.35. The van der Waals surface area contributed by atoms with Crippen LogP contribution in [0.1, 0.15) is 12.8 Å². The van der Waals surface area contributed by atoms with Crippen molar-refractivity contribution >= 4 is 21.8 Å². The van der Waals surface area contributed by atoms with E-state index in [0.29, 0.717) is 25.7 Å². The Balaban J connectivity index is 1.58. The van der Waals surface area contributed by atoms with Gasteiger partial charge in [0.15, 0.2) is 0 Å². The second kappa shape index (κ2) is 7.37. The molecule has 142 valence electrons. The number of benzene rings is 1. The maximum Gasteiger partial charge on any atom is 0.246 e. The van der Waals surface area contributed by atoms with E-state index in [9.17, 15) is 26.8 Å². The molecule has 7 nitrogen and oxygen atoms in total. The number of piperazine rings is 1. The van der Waals surface area contributed by atoms with E-state index in [-0.39, 0.29) is 44.3 Å². The molecule has 2 fully saturated rings. The third-order valence-corrected chi connectivity index (χ3v) is 6.55. The lowest BCUT2D eigenvalue weighted by atomic mass is 10.3. The van der Waals surface area contributed by atoms with Crippen molar-refractivity contribution in [3.8, 4) is 0 Å². The number of halogens is 2. The van der Waals surface area contributed by atoms with Crippen molar-refractivity contribution < 1.29 is 26.8 Å². The third-order valence-electron chi connectivity index (χ3n) is 4.64. The van der Waals surface area contributed by atoms with Crippen LogP contribution in [0.4, 0.5) is 8.78 Å². The van der Waals surface area contributed by atoms with E-state index in [2.05, 4.69) is 0 Å². The minimum absolute atomic E-state index is 0.125. The van der Waals surface area contributed by atoms with Gasteiger partial charge in [0.25, 0.3) is 0 Å². The van der Waals surface area contributed by atoms with Crippen molar-refractivity contribution in [3.05, 3.63) is 29.8 Å². The lowest BCUT2D eigenvalue weighted by Gasteiger charge is -2.34. The van der Waals surface area contributed by atoms with Gasteiger partial charge in [-0.25, -0.2) is 17.2 Å². The zero-order chi connectivity index (χ0) is 18.9. The molecule has 2 saturated heterocycles. The van der Waals surface area contributed by atoms with Crippen molar-refractivity contribution in [3.63, 3.8) is 0 Å². The molecule has 2 aliphatic rings. The largest absolute Gasteiger partial charge is 0.299 e. The molecule has 3 rings (SSSR count). The van der Waals surface area contributed by atoms with Crippen LogP contribution in [0.5, 0.6) is 0 Å². The Bertz CT molecular complexity index is 807. The third kappa shape index (κ3) is 3.76. The van der Waals surface area contributed by atoms with Gasteiger partial charge in [-0.3, -0.25) is 19.4 Å². The van der Waals surface area contributed by atoms with Crippen LogP contribution in [0.3, 0.4) is 0 Å². The Morgan fingerprint density at radius 2 is 1.54 bits per heavy atom. The summed E-state index contributed by atoms with van der Waals surface area (Å²) in [7, 11) is -4.11. The van der Waals surface area contributed by atoms with E-state index in [1.54, 1.807) is 0 Å². The summed E-state index contributed by atoms with van der Waals surface area (Å²) in [5.41, 5.74) is 0. The lowest BCUT2D eigenvalue weighted by Crippen LogP contribution is -2.50. The molecule has 26 heavy (non-hydrogen) atoms. The molecule has 1 aromatic rings. The highest BCUT2D eigenvalue weighted by Gasteiger charge is 2.32. The molecular weight excluding hydrogens is 368 g/mol. The lowest BCUT2D eigenvalue weighted by molar-refractivity contribution is -0.138. The number of nitrogens with zero attached hydrogens (tertiary/aromatic N) is 3. The monoisotopic (exact) mass is 387 g/mol. The molecule has 0 N–H and O–H groups in total. The van der Waals surface area contributed by atoms with Gasteiger partial charge in [0, 0.05) is 52.1 Å². The van der Waals surface area contributed by atoms with Crippen molar-refractivity contribution in [2.45, 2.75) is 17.7 Å². The standard InChI is InChI=1S/C16H19F2N3O4S/c17-12-1-2-13(18)14(11-12)26(24,25)20-8-5-19(6-9-20)7-10-21-15(22)3-4-16(21)23/h1-2,11H,3-10H2. The van der Waals surface area contributed by atoms with Crippen LogP contribution >= 0.6 is 0 Å². The summed E-state index contributed by atoms with van der Waals surface area (Å²) in [5, 5.41) is 0. The molecule has 2 heterocycles. The average molecular weight is 387 g/mol. The molecule has 0 atom stereocenters. The number of likely N-dealkylation sites (tertiary alicyclic amines) is 1. The zero-order valence-corrected chi connectivity index (χ0v) is 14.8. The summed E-state index contributed by atoms with van der Waals surface area (Å²) in [5.74, 6) is -2.17. The first-order chi connectivity index (χ1) is 12.3. The minimum atomic E-state index is -4.11. The minimum Gasteiger partial charge on any atom is -0.299 e. The van der Waals surface area contributed by atoms with Crippen LogP contribution in [-0.2, 0) is 19.6 Å². The molecule has 2 amide bonds. The molecular formula is C16H19F2N3O4S. The van der Waals surface area contributed by atoms with Crippen molar-refractivity contribution in [1.29, 1.82) is 0 Å². The first kappa shape index (κ1) is 18.9. The topological polar surface area (TPSA) is 78.0 Å². The van der Waals surface area contributed by atoms with E-state index in [0.717, 1.165) is 16.4 Å². The fraction of sp³-hybridized carbons (Fsp3) is 0.500. The molecule has 0 bridgehead atoms. The number of carbonyl (C=O) groups excluding carboxylic acids is 2. The summed E-state index contributed by atoms with van der Waals surface area (Å²) < 4.78 is 53.3. The number of rotatable bonds is 5. The molecule has 0 aromatic heterocycles. The van der Waals surface area contributed by atoms with Gasteiger partial charge in [-0.1, -0.05) is 0 Å². The summed E-state index contributed by atoms with van der Waals surface area (Å²) in [6, 6.07) is 2.34. The van der Waals surface area contributed by atoms with E-state index in [4.69, 9.17) is 0 Å². The molecule has 0 unspecified atom stereocenters. The maximum absolute atomic E-state index is 13.8. The number of amides is 2. The fourth-order valence-electron chi connectivity index (χ4n) is 3.12. The molecule has 10 heteroatoms. The van der Waals surface area contributed by atoms with Crippen LogP contribution in [0.25, 0.3) is 0 Å². The van der Waals surface area contributed by atoms with Crippen molar-refractivity contribution in [2.75, 3.05) is 39.3 Å². The second-order valence-electron chi connectivity index (χ2n) is 6.26. The highest BCUT2D eigenvalue weighted by molar-refractivity contribution is 7.89.